The average Bonchev–Trinajstić information content (AvgIpc) is 2.57. The minimum atomic E-state index is -0.178. The van der Waals surface area contributed by atoms with Gasteiger partial charge >= 0.3 is 6.03 Å². The number of hydrogen-bond acceptors (Lipinski definition) is 3. The monoisotopic (exact) mass is 314 g/mol. The van der Waals surface area contributed by atoms with E-state index in [-0.39, 0.29) is 6.03 Å². The van der Waals surface area contributed by atoms with Crippen LogP contribution in [0.1, 0.15) is 38.2 Å². The minimum Gasteiger partial charge on any atom is -0.337 e. The van der Waals surface area contributed by atoms with E-state index in [2.05, 4.69) is 28.5 Å². The molecule has 1 aliphatic rings. The predicted molar refractivity (Wildman–Crippen MR) is 92.3 cm³/mol. The molecular weight excluding hydrogens is 288 g/mol. The number of benzene rings is 1. The van der Waals surface area contributed by atoms with E-state index >= 15 is 0 Å². The third kappa shape index (κ3) is 5.57. The number of rotatable bonds is 6. The van der Waals surface area contributed by atoms with E-state index in [1.54, 1.807) is 0 Å². The van der Waals surface area contributed by atoms with E-state index in [0.29, 0.717) is 19.0 Å². The molecule has 1 aromatic rings. The van der Waals surface area contributed by atoms with Crippen LogP contribution in [0.3, 0.4) is 0 Å². The zero-order chi connectivity index (χ0) is 16.5. The average molecular weight is 314 g/mol. The molecule has 2 amide bonds. The van der Waals surface area contributed by atoms with Crippen molar-refractivity contribution < 1.29 is 4.79 Å². The van der Waals surface area contributed by atoms with Crippen LogP contribution >= 0.6 is 0 Å². The number of nitrogens with zero attached hydrogens (tertiary/aromatic N) is 2. The first-order chi connectivity index (χ1) is 11.2. The van der Waals surface area contributed by atoms with Gasteiger partial charge in [-0.3, -0.25) is 4.90 Å². The number of amides is 2. The zero-order valence-electron chi connectivity index (χ0n) is 13.8. The van der Waals surface area contributed by atoms with E-state index in [0.717, 1.165) is 24.3 Å². The SMILES string of the molecule is CC[C@H]1CCCCN1CCNC(=O)Nc1ccc(CC#N)cc1. The van der Waals surface area contributed by atoms with Gasteiger partial charge in [0.05, 0.1) is 12.5 Å². The first-order valence-electron chi connectivity index (χ1n) is 8.47. The standard InChI is InChI=1S/C18H26N4O/c1-2-17-5-3-4-13-22(17)14-12-20-18(23)21-16-8-6-15(7-9-16)10-11-19/h6-9,17H,2-5,10,12-14H2,1H3,(H2,20,21,23)/t17-/m0/s1. The van der Waals surface area contributed by atoms with E-state index in [1.165, 1.54) is 25.7 Å². The van der Waals surface area contributed by atoms with Crippen molar-refractivity contribution in [3.8, 4) is 6.07 Å². The summed E-state index contributed by atoms with van der Waals surface area (Å²) in [6.07, 6.45) is 5.43. The maximum absolute atomic E-state index is 11.9. The summed E-state index contributed by atoms with van der Waals surface area (Å²) >= 11 is 0. The van der Waals surface area contributed by atoms with Crippen LogP contribution in [0.2, 0.25) is 0 Å². The smallest absolute Gasteiger partial charge is 0.319 e. The van der Waals surface area contributed by atoms with Gasteiger partial charge in [0.25, 0.3) is 0 Å². The second kappa shape index (κ2) is 9.16. The molecule has 5 heteroatoms. The topological polar surface area (TPSA) is 68.2 Å². The van der Waals surface area contributed by atoms with Crippen molar-refractivity contribution in [3.63, 3.8) is 0 Å². The molecular formula is C18H26N4O. The molecule has 0 saturated carbocycles. The predicted octanol–water partition coefficient (Wildman–Crippen LogP) is 3.14. The number of urea groups is 1. The summed E-state index contributed by atoms with van der Waals surface area (Å²) in [7, 11) is 0. The Balaban J connectivity index is 1.71. The van der Waals surface area contributed by atoms with Gasteiger partial charge < -0.3 is 10.6 Å². The molecule has 124 valence electrons. The number of hydrogen-bond donors (Lipinski definition) is 2. The molecule has 0 aromatic heterocycles. The van der Waals surface area contributed by atoms with Crippen LogP contribution < -0.4 is 10.6 Å². The van der Waals surface area contributed by atoms with Crippen LogP contribution in [0.15, 0.2) is 24.3 Å². The fourth-order valence-electron chi connectivity index (χ4n) is 3.10. The Kier molecular flexibility index (Phi) is 6.89. The summed E-state index contributed by atoms with van der Waals surface area (Å²) in [6, 6.07) is 9.96. The molecule has 2 N–H and O–H groups in total. The fraction of sp³-hybridized carbons (Fsp3) is 0.556. The lowest BCUT2D eigenvalue weighted by Gasteiger charge is -2.35. The summed E-state index contributed by atoms with van der Waals surface area (Å²) in [4.78, 5) is 14.4. The highest BCUT2D eigenvalue weighted by molar-refractivity contribution is 5.89. The first-order valence-corrected chi connectivity index (χ1v) is 8.47. The number of nitriles is 1. The van der Waals surface area contributed by atoms with Gasteiger partial charge in [-0.2, -0.15) is 5.26 Å². The summed E-state index contributed by atoms with van der Waals surface area (Å²) in [6.45, 7) is 4.95. The van der Waals surface area contributed by atoms with Crippen LogP contribution in [0.25, 0.3) is 0 Å². The van der Waals surface area contributed by atoms with Crippen molar-refractivity contribution in [2.75, 3.05) is 25.0 Å². The highest BCUT2D eigenvalue weighted by Gasteiger charge is 2.20. The van der Waals surface area contributed by atoms with Gasteiger partial charge in [-0.25, -0.2) is 4.79 Å². The molecule has 1 aliphatic heterocycles. The lowest BCUT2D eigenvalue weighted by atomic mass is 10.0. The van der Waals surface area contributed by atoms with Gasteiger partial charge in [-0.05, 0) is 43.5 Å². The highest BCUT2D eigenvalue weighted by Crippen LogP contribution is 2.18. The Morgan fingerprint density at radius 3 is 2.83 bits per heavy atom. The Bertz CT molecular complexity index is 535. The summed E-state index contributed by atoms with van der Waals surface area (Å²) in [5.74, 6) is 0. The third-order valence-electron chi connectivity index (χ3n) is 4.40. The number of anilines is 1. The van der Waals surface area contributed by atoms with Crippen LogP contribution in [-0.4, -0.2) is 36.6 Å². The third-order valence-corrected chi connectivity index (χ3v) is 4.40. The van der Waals surface area contributed by atoms with E-state index in [9.17, 15) is 4.79 Å². The van der Waals surface area contributed by atoms with E-state index in [4.69, 9.17) is 5.26 Å². The number of carbonyl (C=O) groups excluding carboxylic acids is 1. The summed E-state index contributed by atoms with van der Waals surface area (Å²) < 4.78 is 0. The molecule has 0 aliphatic carbocycles. The molecule has 1 aromatic carbocycles. The maximum atomic E-state index is 11.9. The van der Waals surface area contributed by atoms with Crippen molar-refractivity contribution in [2.45, 2.75) is 45.1 Å². The molecule has 23 heavy (non-hydrogen) atoms. The van der Waals surface area contributed by atoms with Crippen molar-refractivity contribution in [1.29, 1.82) is 5.26 Å². The Morgan fingerprint density at radius 2 is 2.13 bits per heavy atom. The van der Waals surface area contributed by atoms with Gasteiger partial charge in [-0.1, -0.05) is 25.5 Å². The van der Waals surface area contributed by atoms with Crippen LogP contribution in [-0.2, 0) is 6.42 Å². The largest absolute Gasteiger partial charge is 0.337 e. The second-order valence-corrected chi connectivity index (χ2v) is 6.01. The van der Waals surface area contributed by atoms with Gasteiger partial charge in [0, 0.05) is 24.8 Å². The Morgan fingerprint density at radius 1 is 1.35 bits per heavy atom. The molecule has 5 nitrogen and oxygen atoms in total. The highest BCUT2D eigenvalue weighted by atomic mass is 16.2. The molecule has 1 saturated heterocycles. The van der Waals surface area contributed by atoms with Gasteiger partial charge in [-0.15, -0.1) is 0 Å². The normalized spacial score (nSPS) is 18.2. The van der Waals surface area contributed by atoms with E-state index in [1.807, 2.05) is 24.3 Å². The summed E-state index contributed by atoms with van der Waals surface area (Å²) in [5.41, 5.74) is 1.70. The van der Waals surface area contributed by atoms with E-state index < -0.39 is 0 Å². The van der Waals surface area contributed by atoms with Gasteiger partial charge in [0.2, 0.25) is 0 Å². The minimum absolute atomic E-state index is 0.178. The van der Waals surface area contributed by atoms with Crippen molar-refractivity contribution >= 4 is 11.7 Å². The molecule has 1 heterocycles. The maximum Gasteiger partial charge on any atom is 0.319 e. The molecule has 2 rings (SSSR count). The fourth-order valence-corrected chi connectivity index (χ4v) is 3.10. The van der Waals surface area contributed by atoms with Crippen LogP contribution in [0.5, 0.6) is 0 Å². The second-order valence-electron chi connectivity index (χ2n) is 6.01. The van der Waals surface area contributed by atoms with Crippen molar-refractivity contribution in [3.05, 3.63) is 29.8 Å². The lowest BCUT2D eigenvalue weighted by molar-refractivity contribution is 0.145. The Labute approximate surface area is 138 Å². The molecule has 0 unspecified atom stereocenters. The van der Waals surface area contributed by atoms with Crippen LogP contribution in [0.4, 0.5) is 10.5 Å². The zero-order valence-corrected chi connectivity index (χ0v) is 13.8. The van der Waals surface area contributed by atoms with Gasteiger partial charge in [0.1, 0.15) is 0 Å². The molecule has 0 bridgehead atoms. The van der Waals surface area contributed by atoms with Crippen molar-refractivity contribution in [2.24, 2.45) is 0 Å². The van der Waals surface area contributed by atoms with Crippen LogP contribution in [0, 0.1) is 11.3 Å². The number of nitrogens with one attached hydrogen (secondary N) is 2. The molecule has 1 fully saturated rings. The van der Waals surface area contributed by atoms with Gasteiger partial charge in [0.15, 0.2) is 0 Å². The number of piperidine rings is 1. The molecule has 0 spiro atoms. The van der Waals surface area contributed by atoms with Crippen molar-refractivity contribution in [1.82, 2.24) is 10.2 Å². The molecule has 0 radical (unpaired) electrons. The number of likely N-dealkylation sites (tertiary alicyclic amines) is 1. The summed E-state index contributed by atoms with van der Waals surface area (Å²) in [5, 5.41) is 14.4. The first kappa shape index (κ1) is 17.3. The molecule has 1 atom stereocenters. The number of carbonyl (C=O) groups is 1. The quantitative estimate of drug-likeness (QED) is 0.847. The lowest BCUT2D eigenvalue weighted by Crippen LogP contribution is -2.44. The Hall–Kier alpha value is -2.06.